The highest BCUT2D eigenvalue weighted by Crippen LogP contribution is 2.46. The molecule has 2 aromatic heterocycles. The molecule has 5 rings (SSSR count). The Bertz CT molecular complexity index is 1060. The lowest BCUT2D eigenvalue weighted by Crippen LogP contribution is -2.54. The van der Waals surface area contributed by atoms with Crippen molar-refractivity contribution >= 4 is 11.8 Å². The number of thioether (sulfide) groups is 1. The van der Waals surface area contributed by atoms with Crippen molar-refractivity contribution in [2.45, 2.75) is 60.9 Å². The number of rotatable bonds is 4. The van der Waals surface area contributed by atoms with E-state index < -0.39 is 5.82 Å². The van der Waals surface area contributed by atoms with E-state index >= 15 is 0 Å². The van der Waals surface area contributed by atoms with Gasteiger partial charge in [-0.25, -0.2) is 14.4 Å². The smallest absolute Gasteiger partial charge is 0.185 e. The molecule has 30 heavy (non-hydrogen) atoms. The summed E-state index contributed by atoms with van der Waals surface area (Å²) in [5.74, 6) is -0.426. The molecule has 0 amide bonds. The molecule has 0 radical (unpaired) electrons. The zero-order valence-electron chi connectivity index (χ0n) is 16.8. The summed E-state index contributed by atoms with van der Waals surface area (Å²) in [6.45, 7) is 4.59. The van der Waals surface area contributed by atoms with Crippen LogP contribution >= 0.6 is 11.8 Å². The highest BCUT2D eigenvalue weighted by molar-refractivity contribution is 7.99. The Hall–Kier alpha value is -2.52. The second-order valence-electron chi connectivity index (χ2n) is 8.81. The van der Waals surface area contributed by atoms with E-state index in [1.54, 1.807) is 30.4 Å². The number of phenols is 1. The molecule has 2 fully saturated rings. The number of piperidine rings is 1. The molecule has 0 unspecified atom stereocenters. The molecule has 1 aromatic carbocycles. The van der Waals surface area contributed by atoms with Crippen molar-refractivity contribution in [1.29, 1.82) is 0 Å². The maximum Gasteiger partial charge on any atom is 0.185 e. The number of aromatic nitrogens is 5. The summed E-state index contributed by atoms with van der Waals surface area (Å²) in [6.07, 6.45) is 10.8. The second-order valence-corrected chi connectivity index (χ2v) is 10.1. The topological polar surface area (TPSA) is 88.8 Å². The zero-order chi connectivity index (χ0) is 20.9. The number of benzene rings is 1. The van der Waals surface area contributed by atoms with Crippen LogP contribution in [0.4, 0.5) is 4.39 Å². The molecule has 0 spiro atoms. The van der Waals surface area contributed by atoms with E-state index in [-0.39, 0.29) is 33.9 Å². The van der Waals surface area contributed by atoms with Crippen LogP contribution in [0, 0.1) is 5.82 Å². The molecule has 7 nitrogen and oxygen atoms in total. The standard InChI is InChI=1S/C21H23FN6OS/c1-20-3-4-21(2,27-20)10-13(9-20)30-18-11-24-19(26-25-18)14-7-15(22)16(8-17(14)29)28-6-5-23-12-28/h5-8,11-13,27,29H,3-4,9-10H2,1-2H3/t13-,20-,21+. The number of halogens is 1. The van der Waals surface area contributed by atoms with Crippen LogP contribution in [0.5, 0.6) is 5.75 Å². The van der Waals surface area contributed by atoms with Gasteiger partial charge in [-0.05, 0) is 45.6 Å². The fraction of sp³-hybridized carbons (Fsp3) is 0.429. The van der Waals surface area contributed by atoms with Crippen molar-refractivity contribution in [3.05, 3.63) is 42.9 Å². The summed E-state index contributed by atoms with van der Waals surface area (Å²) in [7, 11) is 0. The van der Waals surface area contributed by atoms with Gasteiger partial charge in [0.1, 0.15) is 16.6 Å². The maximum absolute atomic E-state index is 14.6. The van der Waals surface area contributed by atoms with E-state index in [9.17, 15) is 9.50 Å². The first kappa shape index (κ1) is 19.4. The molecular weight excluding hydrogens is 403 g/mol. The number of fused-ring (bicyclic) bond motifs is 2. The fourth-order valence-corrected chi connectivity index (χ4v) is 6.26. The van der Waals surface area contributed by atoms with Crippen LogP contribution in [0.1, 0.15) is 39.5 Å². The molecule has 3 atom stereocenters. The molecule has 3 aromatic rings. The maximum atomic E-state index is 14.6. The first-order valence-electron chi connectivity index (χ1n) is 10.00. The first-order valence-corrected chi connectivity index (χ1v) is 10.9. The summed E-state index contributed by atoms with van der Waals surface area (Å²) in [6, 6.07) is 2.56. The van der Waals surface area contributed by atoms with Crippen molar-refractivity contribution in [2.75, 3.05) is 0 Å². The Labute approximate surface area is 178 Å². The van der Waals surface area contributed by atoms with Crippen LogP contribution in [-0.4, -0.2) is 46.2 Å². The molecule has 2 N–H and O–H groups in total. The van der Waals surface area contributed by atoms with Crippen molar-refractivity contribution in [3.8, 4) is 22.8 Å². The van der Waals surface area contributed by atoms with Crippen molar-refractivity contribution in [1.82, 2.24) is 30.0 Å². The minimum absolute atomic E-state index is 0.113. The number of imidazole rings is 1. The van der Waals surface area contributed by atoms with Gasteiger partial charge in [0.15, 0.2) is 5.82 Å². The van der Waals surface area contributed by atoms with E-state index in [1.165, 1.54) is 35.9 Å². The number of hydrogen-bond acceptors (Lipinski definition) is 7. The van der Waals surface area contributed by atoms with Crippen molar-refractivity contribution in [3.63, 3.8) is 0 Å². The molecule has 2 aliphatic heterocycles. The molecule has 0 saturated carbocycles. The molecule has 9 heteroatoms. The molecule has 4 heterocycles. The number of aromatic hydroxyl groups is 1. The van der Waals surface area contributed by atoms with Crippen LogP contribution in [-0.2, 0) is 0 Å². The minimum Gasteiger partial charge on any atom is -0.507 e. The van der Waals surface area contributed by atoms with Gasteiger partial charge < -0.3 is 15.0 Å². The Balaban J connectivity index is 1.35. The average Bonchev–Trinajstić information content (AvgIpc) is 3.30. The third-order valence-electron chi connectivity index (χ3n) is 6.11. The Kier molecular flexibility index (Phi) is 4.55. The van der Waals surface area contributed by atoms with E-state index in [0.29, 0.717) is 5.25 Å². The molecule has 2 saturated heterocycles. The lowest BCUT2D eigenvalue weighted by atomic mass is 9.88. The third kappa shape index (κ3) is 3.56. The molecule has 0 aliphatic carbocycles. The van der Waals surface area contributed by atoms with Gasteiger partial charge in [-0.1, -0.05) is 11.8 Å². The van der Waals surface area contributed by atoms with E-state index in [0.717, 1.165) is 17.9 Å². The van der Waals surface area contributed by atoms with Crippen molar-refractivity contribution in [2.24, 2.45) is 0 Å². The number of hydrogen-bond donors (Lipinski definition) is 2. The third-order valence-corrected chi connectivity index (χ3v) is 7.20. The molecule has 156 valence electrons. The van der Waals surface area contributed by atoms with Crippen LogP contribution < -0.4 is 5.32 Å². The summed E-state index contributed by atoms with van der Waals surface area (Å²) < 4.78 is 16.1. The van der Waals surface area contributed by atoms with Gasteiger partial charge in [-0.3, -0.25) is 0 Å². The number of phenolic OH excluding ortho intramolecular Hbond substituents is 1. The SMILES string of the molecule is C[C@]12CC[C@](C)(C[C@@H](Sc3cnc(-c4cc(F)c(-n5ccnc5)cc4O)nn3)C1)N2. The molecular formula is C21H23FN6OS. The van der Waals surface area contributed by atoms with Crippen LogP contribution in [0.25, 0.3) is 17.1 Å². The van der Waals surface area contributed by atoms with Crippen LogP contribution in [0.3, 0.4) is 0 Å². The Morgan fingerprint density at radius 2 is 1.97 bits per heavy atom. The summed E-state index contributed by atoms with van der Waals surface area (Å²) >= 11 is 1.70. The summed E-state index contributed by atoms with van der Waals surface area (Å²) in [5.41, 5.74) is 0.786. The van der Waals surface area contributed by atoms with Crippen LogP contribution in [0.15, 0.2) is 42.1 Å². The normalized spacial score (nSPS) is 28.0. The van der Waals surface area contributed by atoms with Gasteiger partial charge in [0.05, 0.1) is 23.8 Å². The predicted octanol–water partition coefficient (Wildman–Crippen LogP) is 3.72. The van der Waals surface area contributed by atoms with Gasteiger partial charge in [0.2, 0.25) is 0 Å². The van der Waals surface area contributed by atoms with Gasteiger partial charge in [0, 0.05) is 34.8 Å². The number of nitrogens with one attached hydrogen (secondary N) is 1. The minimum atomic E-state index is -0.505. The lowest BCUT2D eigenvalue weighted by Gasteiger charge is -2.41. The van der Waals surface area contributed by atoms with Gasteiger partial charge >= 0.3 is 0 Å². The predicted molar refractivity (Wildman–Crippen MR) is 112 cm³/mol. The van der Waals surface area contributed by atoms with E-state index in [1.807, 2.05) is 0 Å². The Morgan fingerprint density at radius 1 is 1.20 bits per heavy atom. The van der Waals surface area contributed by atoms with Gasteiger partial charge in [0.25, 0.3) is 0 Å². The van der Waals surface area contributed by atoms with E-state index in [4.69, 9.17) is 0 Å². The monoisotopic (exact) mass is 426 g/mol. The summed E-state index contributed by atoms with van der Waals surface area (Å²) in [5, 5.41) is 23.8. The highest BCUT2D eigenvalue weighted by atomic mass is 32.2. The Morgan fingerprint density at radius 3 is 2.60 bits per heavy atom. The van der Waals surface area contributed by atoms with Crippen LogP contribution in [0.2, 0.25) is 0 Å². The molecule has 2 bridgehead atoms. The van der Waals surface area contributed by atoms with E-state index in [2.05, 4.69) is 39.3 Å². The average molecular weight is 427 g/mol. The fourth-order valence-electron chi connectivity index (χ4n) is 4.81. The van der Waals surface area contributed by atoms with Gasteiger partial charge in [-0.2, -0.15) is 0 Å². The largest absolute Gasteiger partial charge is 0.507 e. The van der Waals surface area contributed by atoms with Crippen molar-refractivity contribution < 1.29 is 9.50 Å². The lowest BCUT2D eigenvalue weighted by molar-refractivity contribution is 0.241. The molecule has 2 aliphatic rings. The highest BCUT2D eigenvalue weighted by Gasteiger charge is 2.48. The first-order chi connectivity index (χ1) is 14.3. The summed E-state index contributed by atoms with van der Waals surface area (Å²) in [4.78, 5) is 8.24. The quantitative estimate of drug-likeness (QED) is 0.657. The number of nitrogens with zero attached hydrogens (tertiary/aromatic N) is 5. The second kappa shape index (κ2) is 7.02. The zero-order valence-corrected chi connectivity index (χ0v) is 17.7. The van der Waals surface area contributed by atoms with Gasteiger partial charge in [-0.15, -0.1) is 10.2 Å².